The van der Waals surface area contributed by atoms with Crippen molar-refractivity contribution < 1.29 is 14.3 Å². The van der Waals surface area contributed by atoms with E-state index in [2.05, 4.69) is 48.6 Å². The van der Waals surface area contributed by atoms with E-state index >= 15 is 0 Å². The monoisotopic (exact) mass is 359 g/mol. The molecule has 1 aromatic carbocycles. The third-order valence-corrected chi connectivity index (χ3v) is 5.98. The van der Waals surface area contributed by atoms with Gasteiger partial charge in [0.05, 0.1) is 12.1 Å². The fourth-order valence-electron chi connectivity index (χ4n) is 4.44. The summed E-state index contributed by atoms with van der Waals surface area (Å²) in [6.45, 7) is 2.71. The van der Waals surface area contributed by atoms with Crippen molar-refractivity contribution in [3.8, 4) is 0 Å². The van der Waals surface area contributed by atoms with Gasteiger partial charge in [-0.25, -0.2) is 4.79 Å². The van der Waals surface area contributed by atoms with E-state index in [9.17, 15) is 9.59 Å². The summed E-state index contributed by atoms with van der Waals surface area (Å²) in [7, 11) is 4.26. The average molecular weight is 359 g/mol. The van der Waals surface area contributed by atoms with E-state index in [1.54, 1.807) is 11.8 Å². The van der Waals surface area contributed by atoms with E-state index in [0.717, 1.165) is 25.7 Å². The van der Waals surface area contributed by atoms with E-state index < -0.39 is 0 Å². The molecule has 2 aliphatic rings. The van der Waals surface area contributed by atoms with E-state index in [1.165, 1.54) is 5.56 Å². The number of carbonyl (C=O) groups is 2. The smallest absolute Gasteiger partial charge is 0.325 e. The van der Waals surface area contributed by atoms with Crippen molar-refractivity contribution in [3.05, 3.63) is 35.9 Å². The second-order valence-corrected chi connectivity index (χ2v) is 7.66. The molecule has 0 atom stereocenters. The second kappa shape index (κ2) is 7.27. The Morgan fingerprint density at radius 2 is 1.85 bits per heavy atom. The maximum atomic E-state index is 12.3. The fourth-order valence-corrected chi connectivity index (χ4v) is 4.44. The van der Waals surface area contributed by atoms with Crippen molar-refractivity contribution in [2.75, 3.05) is 33.8 Å². The fraction of sp³-hybridized carbons (Fsp3) is 0.600. The Labute approximate surface area is 155 Å². The standard InChI is InChI=1S/C20H29N3O3/c1-4-26-17(24)14-23-15-19(21-18(23)25)10-12-20(13-11-19,22(2)3)16-8-6-5-7-9-16/h5-9H,4,10-15H2,1-3H3,(H,21,25)/t19-,20+. The first kappa shape index (κ1) is 18.7. The first-order valence-corrected chi connectivity index (χ1v) is 9.36. The van der Waals surface area contributed by atoms with Crippen LogP contribution in [0.1, 0.15) is 38.2 Å². The lowest BCUT2D eigenvalue weighted by molar-refractivity contribution is -0.143. The number of urea groups is 1. The van der Waals surface area contributed by atoms with Gasteiger partial charge in [0, 0.05) is 12.1 Å². The normalized spacial score (nSPS) is 28.5. The summed E-state index contributed by atoms with van der Waals surface area (Å²) in [6, 6.07) is 10.4. The Morgan fingerprint density at radius 3 is 2.42 bits per heavy atom. The Kier molecular flexibility index (Phi) is 5.23. The van der Waals surface area contributed by atoms with E-state index in [4.69, 9.17) is 4.74 Å². The molecule has 1 aliphatic carbocycles. The van der Waals surface area contributed by atoms with Gasteiger partial charge in [-0.15, -0.1) is 0 Å². The SMILES string of the molecule is CCOC(=O)CN1C[C@]2(CC[C@](c3ccccc3)(N(C)C)CC2)NC1=O. The first-order valence-electron chi connectivity index (χ1n) is 9.36. The van der Waals surface area contributed by atoms with Crippen LogP contribution in [0.3, 0.4) is 0 Å². The summed E-state index contributed by atoms with van der Waals surface area (Å²) >= 11 is 0. The molecule has 6 heteroatoms. The molecule has 2 amide bonds. The van der Waals surface area contributed by atoms with E-state index in [0.29, 0.717) is 13.2 Å². The number of hydrogen-bond donors (Lipinski definition) is 1. The van der Waals surface area contributed by atoms with Crippen molar-refractivity contribution in [1.29, 1.82) is 0 Å². The Bertz CT molecular complexity index is 652. The Morgan fingerprint density at radius 1 is 1.19 bits per heavy atom. The largest absolute Gasteiger partial charge is 0.465 e. The van der Waals surface area contributed by atoms with Crippen molar-refractivity contribution in [1.82, 2.24) is 15.1 Å². The van der Waals surface area contributed by atoms with Gasteiger partial charge < -0.3 is 15.0 Å². The van der Waals surface area contributed by atoms with Gasteiger partial charge in [-0.2, -0.15) is 0 Å². The first-order chi connectivity index (χ1) is 12.4. The Hall–Kier alpha value is -2.08. The molecule has 3 rings (SSSR count). The highest BCUT2D eigenvalue weighted by Crippen LogP contribution is 2.45. The molecule has 0 aromatic heterocycles. The minimum Gasteiger partial charge on any atom is -0.465 e. The molecule has 1 heterocycles. The van der Waals surface area contributed by atoms with Crippen LogP contribution in [0, 0.1) is 0 Å². The van der Waals surface area contributed by atoms with Crippen LogP contribution in [0.4, 0.5) is 4.79 Å². The molecule has 1 aromatic rings. The highest BCUT2D eigenvalue weighted by Gasteiger charge is 2.50. The predicted octanol–water partition coefficient (Wildman–Crippen LogP) is 2.34. The lowest BCUT2D eigenvalue weighted by atomic mass is 9.69. The molecule has 0 radical (unpaired) electrons. The molecule has 6 nitrogen and oxygen atoms in total. The summed E-state index contributed by atoms with van der Waals surface area (Å²) in [5, 5.41) is 3.16. The quantitative estimate of drug-likeness (QED) is 0.820. The topological polar surface area (TPSA) is 61.9 Å². The molecule has 0 bridgehead atoms. The number of amides is 2. The molecule has 1 aliphatic heterocycles. The minimum atomic E-state index is -0.345. The van der Waals surface area contributed by atoms with E-state index in [1.807, 2.05) is 6.07 Å². The van der Waals surface area contributed by atoms with E-state index in [-0.39, 0.29) is 29.6 Å². The molecule has 0 unspecified atom stereocenters. The Balaban J connectivity index is 1.71. The number of nitrogens with one attached hydrogen (secondary N) is 1. The highest BCUT2D eigenvalue weighted by atomic mass is 16.5. The van der Waals surface area contributed by atoms with Crippen LogP contribution in [-0.4, -0.2) is 61.1 Å². The number of esters is 1. The van der Waals surface area contributed by atoms with Gasteiger partial charge in [0.15, 0.2) is 0 Å². The third-order valence-electron chi connectivity index (χ3n) is 5.98. The average Bonchev–Trinajstić information content (AvgIpc) is 2.91. The summed E-state index contributed by atoms with van der Waals surface area (Å²) in [6.07, 6.45) is 3.73. The zero-order chi connectivity index (χ0) is 18.8. The van der Waals surface area contributed by atoms with Gasteiger partial charge in [0.25, 0.3) is 0 Å². The van der Waals surface area contributed by atoms with Crippen molar-refractivity contribution in [2.45, 2.75) is 43.7 Å². The zero-order valence-electron chi connectivity index (χ0n) is 16.0. The lowest BCUT2D eigenvalue weighted by Crippen LogP contribution is -2.54. The number of rotatable bonds is 5. The molecule has 2 fully saturated rings. The molecule has 1 saturated heterocycles. The van der Waals surface area contributed by atoms with Crippen LogP contribution in [0.25, 0.3) is 0 Å². The van der Waals surface area contributed by atoms with Gasteiger partial charge in [-0.1, -0.05) is 30.3 Å². The molecule has 142 valence electrons. The molecular formula is C20H29N3O3. The van der Waals surface area contributed by atoms with Crippen LogP contribution in [-0.2, 0) is 15.1 Å². The van der Waals surface area contributed by atoms with Crippen LogP contribution in [0.2, 0.25) is 0 Å². The minimum absolute atomic E-state index is 0.00814. The van der Waals surface area contributed by atoms with Crippen molar-refractivity contribution in [3.63, 3.8) is 0 Å². The van der Waals surface area contributed by atoms with Crippen LogP contribution >= 0.6 is 0 Å². The van der Waals surface area contributed by atoms with Crippen LogP contribution < -0.4 is 5.32 Å². The number of nitrogens with zero attached hydrogens (tertiary/aromatic N) is 2. The molecule has 1 N–H and O–H groups in total. The summed E-state index contributed by atoms with van der Waals surface area (Å²) in [5.74, 6) is -0.345. The third kappa shape index (κ3) is 3.43. The van der Waals surface area contributed by atoms with Gasteiger partial charge in [-0.05, 0) is 52.3 Å². The maximum absolute atomic E-state index is 12.3. The number of ether oxygens (including phenoxy) is 1. The van der Waals surface area contributed by atoms with Gasteiger partial charge in [0.1, 0.15) is 6.54 Å². The van der Waals surface area contributed by atoms with Gasteiger partial charge >= 0.3 is 12.0 Å². The highest BCUT2D eigenvalue weighted by molar-refractivity contribution is 5.83. The van der Waals surface area contributed by atoms with Crippen molar-refractivity contribution >= 4 is 12.0 Å². The summed E-state index contributed by atoms with van der Waals surface area (Å²) in [4.78, 5) is 28.0. The summed E-state index contributed by atoms with van der Waals surface area (Å²) < 4.78 is 4.98. The van der Waals surface area contributed by atoms with Gasteiger partial charge in [-0.3, -0.25) is 9.69 Å². The van der Waals surface area contributed by atoms with Crippen LogP contribution in [0.5, 0.6) is 0 Å². The van der Waals surface area contributed by atoms with Crippen LogP contribution in [0.15, 0.2) is 30.3 Å². The zero-order valence-corrected chi connectivity index (χ0v) is 16.0. The number of benzene rings is 1. The number of hydrogen-bond acceptors (Lipinski definition) is 4. The predicted molar refractivity (Wildman–Crippen MR) is 99.7 cm³/mol. The molecule has 1 spiro atoms. The number of carbonyl (C=O) groups excluding carboxylic acids is 2. The molecule has 1 saturated carbocycles. The van der Waals surface area contributed by atoms with Crippen molar-refractivity contribution in [2.24, 2.45) is 0 Å². The summed E-state index contributed by atoms with van der Waals surface area (Å²) in [5.41, 5.74) is 1.08. The molecule has 26 heavy (non-hydrogen) atoms. The molecular weight excluding hydrogens is 330 g/mol. The lowest BCUT2D eigenvalue weighted by Gasteiger charge is -2.48. The second-order valence-electron chi connectivity index (χ2n) is 7.66. The van der Waals surface area contributed by atoms with Gasteiger partial charge in [0.2, 0.25) is 0 Å². The maximum Gasteiger partial charge on any atom is 0.325 e.